The second kappa shape index (κ2) is 5.21. The average molecular weight is 244 g/mol. The van der Waals surface area contributed by atoms with Crippen LogP contribution in [0.5, 0.6) is 0 Å². The second-order valence-electron chi connectivity index (χ2n) is 5.17. The maximum atomic E-state index is 11.9. The quantitative estimate of drug-likeness (QED) is 0.716. The zero-order valence-corrected chi connectivity index (χ0v) is 11.2. The Morgan fingerprint density at radius 2 is 2.06 bits per heavy atom. The summed E-state index contributed by atoms with van der Waals surface area (Å²) in [5.74, 6) is 0.504. The molecule has 0 amide bonds. The lowest BCUT2D eigenvalue weighted by Crippen LogP contribution is -2.38. The van der Waals surface area contributed by atoms with E-state index in [4.69, 9.17) is 4.18 Å². The molecule has 0 aromatic carbocycles. The van der Waals surface area contributed by atoms with Gasteiger partial charge in [0.05, 0.1) is 16.8 Å². The maximum Gasteiger partial charge on any atom is 0.314 e. The fourth-order valence-corrected chi connectivity index (χ4v) is 2.86. The van der Waals surface area contributed by atoms with Crippen molar-refractivity contribution in [2.24, 2.45) is 11.8 Å². The van der Waals surface area contributed by atoms with Gasteiger partial charge in [0.15, 0.2) is 0 Å². The highest BCUT2D eigenvalue weighted by Crippen LogP contribution is 2.40. The van der Waals surface area contributed by atoms with E-state index >= 15 is 0 Å². The predicted molar refractivity (Wildman–Crippen MR) is 64.9 cm³/mol. The summed E-state index contributed by atoms with van der Waals surface area (Å²) in [7, 11) is 0. The Hall–Kier alpha value is -0.510. The van der Waals surface area contributed by atoms with Crippen LogP contribution in [0.25, 0.3) is 0 Å². The fraction of sp³-hybridized carbons (Fsp3) is 0.833. The first kappa shape index (κ1) is 13.6. The number of hydrogen-bond acceptors (Lipinski definition) is 4. The Labute approximate surface area is 102 Å². The predicted octanol–water partition coefficient (Wildman–Crippen LogP) is 2.98. The summed E-state index contributed by atoms with van der Waals surface area (Å²) in [4.78, 5) is 22.7. The van der Waals surface area contributed by atoms with E-state index in [0.717, 1.165) is 24.9 Å². The molecule has 0 aromatic rings. The van der Waals surface area contributed by atoms with Crippen LogP contribution < -0.4 is 0 Å². The van der Waals surface area contributed by atoms with Gasteiger partial charge in [-0.15, -0.1) is 0 Å². The van der Waals surface area contributed by atoms with Gasteiger partial charge in [-0.05, 0) is 32.6 Å². The minimum absolute atomic E-state index is 0.00745. The molecule has 1 aliphatic carbocycles. The molecule has 0 spiro atoms. The van der Waals surface area contributed by atoms with Crippen molar-refractivity contribution in [3.8, 4) is 0 Å². The van der Waals surface area contributed by atoms with Crippen molar-refractivity contribution in [1.29, 1.82) is 0 Å². The van der Waals surface area contributed by atoms with Crippen LogP contribution in [0, 0.1) is 11.8 Å². The molecule has 3 nitrogen and oxygen atoms in total. The van der Waals surface area contributed by atoms with Crippen LogP contribution in [0.15, 0.2) is 0 Å². The van der Waals surface area contributed by atoms with Crippen molar-refractivity contribution >= 4 is 23.8 Å². The van der Waals surface area contributed by atoms with E-state index in [1.54, 1.807) is 0 Å². The molecule has 0 radical (unpaired) electrons. The summed E-state index contributed by atoms with van der Waals surface area (Å²) in [6.07, 6.45) is 2.65. The van der Waals surface area contributed by atoms with Crippen molar-refractivity contribution in [2.45, 2.75) is 51.7 Å². The third-order valence-electron chi connectivity index (χ3n) is 3.10. The molecule has 0 N–H and O–H groups in total. The first-order chi connectivity index (χ1) is 7.33. The highest BCUT2D eigenvalue weighted by molar-refractivity contribution is 7.96. The number of carbonyl (C=O) groups is 2. The molecule has 0 aliphatic heterocycles. The smallest absolute Gasteiger partial charge is 0.314 e. The van der Waals surface area contributed by atoms with E-state index in [0.29, 0.717) is 18.1 Å². The van der Waals surface area contributed by atoms with Gasteiger partial charge in [0.1, 0.15) is 5.78 Å². The van der Waals surface area contributed by atoms with Crippen LogP contribution in [0.2, 0.25) is 0 Å². The molecule has 0 unspecified atom stereocenters. The topological polar surface area (TPSA) is 43.4 Å². The van der Waals surface area contributed by atoms with Gasteiger partial charge >= 0.3 is 5.97 Å². The van der Waals surface area contributed by atoms with Crippen molar-refractivity contribution < 1.29 is 13.8 Å². The molecule has 0 saturated heterocycles. The molecule has 0 heterocycles. The van der Waals surface area contributed by atoms with Gasteiger partial charge in [-0.2, -0.15) is 0 Å². The van der Waals surface area contributed by atoms with Crippen LogP contribution in [0.3, 0.4) is 0 Å². The van der Waals surface area contributed by atoms with Gasteiger partial charge in [0, 0.05) is 19.3 Å². The molecular formula is C12H20O3S. The molecule has 0 bridgehead atoms. The second-order valence-corrected chi connectivity index (χ2v) is 6.55. The Kier molecular flexibility index (Phi) is 4.42. The summed E-state index contributed by atoms with van der Waals surface area (Å²) < 4.78 is 4.64. The van der Waals surface area contributed by atoms with Crippen LogP contribution in [0.4, 0.5) is 0 Å². The lowest BCUT2D eigenvalue weighted by Gasteiger charge is -2.35. The normalized spacial score (nSPS) is 26.6. The maximum absolute atomic E-state index is 11.9. The number of carbonyl (C=O) groups excluding carboxylic acids is 2. The van der Waals surface area contributed by atoms with E-state index in [9.17, 15) is 9.59 Å². The van der Waals surface area contributed by atoms with E-state index in [2.05, 4.69) is 6.92 Å². The molecule has 0 aromatic heterocycles. The summed E-state index contributed by atoms with van der Waals surface area (Å²) >= 11 is 1.13. The Morgan fingerprint density at radius 3 is 2.56 bits per heavy atom. The number of rotatable bonds is 3. The number of hydrogen-bond donors (Lipinski definition) is 0. The monoisotopic (exact) mass is 244 g/mol. The molecule has 1 aliphatic rings. The van der Waals surface area contributed by atoms with Crippen LogP contribution in [0.1, 0.15) is 47.0 Å². The molecule has 16 heavy (non-hydrogen) atoms. The molecule has 4 heteroatoms. The number of ketones is 1. The Morgan fingerprint density at radius 1 is 1.44 bits per heavy atom. The molecular weight excluding hydrogens is 224 g/mol. The fourth-order valence-electron chi connectivity index (χ4n) is 2.16. The highest BCUT2D eigenvalue weighted by Gasteiger charge is 2.40. The highest BCUT2D eigenvalue weighted by atomic mass is 32.2. The van der Waals surface area contributed by atoms with Gasteiger partial charge in [-0.3, -0.25) is 9.59 Å². The SMILES string of the molecule is CC(=O)OSC(C)(C)[C@@H]1CC[C@@H](C)CC1=O. The van der Waals surface area contributed by atoms with Gasteiger partial charge in [0.2, 0.25) is 0 Å². The first-order valence-electron chi connectivity index (χ1n) is 5.72. The first-order valence-corrected chi connectivity index (χ1v) is 6.46. The summed E-state index contributed by atoms with van der Waals surface area (Å²) in [5, 5.41) is 0. The number of Topliss-reactive ketones (excluding diaryl/α,β-unsaturated/α-hetero) is 1. The van der Waals surface area contributed by atoms with Crippen LogP contribution >= 0.6 is 12.0 Å². The lowest BCUT2D eigenvalue weighted by molar-refractivity contribution is -0.131. The van der Waals surface area contributed by atoms with Crippen molar-refractivity contribution in [3.63, 3.8) is 0 Å². The Balaban J connectivity index is 2.60. The van der Waals surface area contributed by atoms with Crippen molar-refractivity contribution in [1.82, 2.24) is 0 Å². The van der Waals surface area contributed by atoms with Gasteiger partial charge in [0.25, 0.3) is 0 Å². The van der Waals surface area contributed by atoms with Crippen molar-refractivity contribution in [3.05, 3.63) is 0 Å². The molecule has 92 valence electrons. The van der Waals surface area contributed by atoms with Crippen LogP contribution in [-0.2, 0) is 13.8 Å². The van der Waals surface area contributed by atoms with Gasteiger partial charge < -0.3 is 4.18 Å². The minimum atomic E-state index is -0.317. The molecule has 1 fully saturated rings. The van der Waals surface area contributed by atoms with Gasteiger partial charge in [-0.1, -0.05) is 6.92 Å². The van der Waals surface area contributed by atoms with E-state index < -0.39 is 0 Å². The Bertz CT molecular complexity index is 286. The average Bonchev–Trinajstić information content (AvgIpc) is 2.14. The van der Waals surface area contributed by atoms with E-state index in [1.807, 2.05) is 13.8 Å². The lowest BCUT2D eigenvalue weighted by atomic mass is 9.76. The third kappa shape index (κ3) is 3.51. The zero-order valence-electron chi connectivity index (χ0n) is 10.4. The standard InChI is InChI=1S/C12H20O3S/c1-8-5-6-10(11(14)7-8)12(3,4)16-15-9(2)13/h8,10H,5-7H2,1-4H3/t8-,10-/m1/s1. The molecule has 1 rings (SSSR count). The minimum Gasteiger partial charge on any atom is -0.391 e. The van der Waals surface area contributed by atoms with Crippen LogP contribution in [-0.4, -0.2) is 16.5 Å². The van der Waals surface area contributed by atoms with E-state index in [-0.39, 0.29) is 16.6 Å². The third-order valence-corrected chi connectivity index (χ3v) is 4.13. The van der Waals surface area contributed by atoms with Crippen molar-refractivity contribution in [2.75, 3.05) is 0 Å². The molecule has 2 atom stereocenters. The molecule has 1 saturated carbocycles. The summed E-state index contributed by atoms with van der Waals surface area (Å²) in [6, 6.07) is 0. The summed E-state index contributed by atoms with van der Waals surface area (Å²) in [6.45, 7) is 7.44. The van der Waals surface area contributed by atoms with Gasteiger partial charge in [-0.25, -0.2) is 0 Å². The zero-order chi connectivity index (χ0) is 12.3. The largest absolute Gasteiger partial charge is 0.391 e. The summed E-state index contributed by atoms with van der Waals surface area (Å²) in [5.41, 5.74) is 0. The van der Waals surface area contributed by atoms with E-state index in [1.165, 1.54) is 6.92 Å².